The lowest BCUT2D eigenvalue weighted by Gasteiger charge is -2.06. The van der Waals surface area contributed by atoms with Crippen LogP contribution in [0.2, 0.25) is 5.02 Å². The summed E-state index contributed by atoms with van der Waals surface area (Å²) in [6, 6.07) is 8.64. The van der Waals surface area contributed by atoms with Gasteiger partial charge < -0.3 is 9.30 Å². The molecule has 4 nitrogen and oxygen atoms in total. The number of benzene rings is 2. The van der Waals surface area contributed by atoms with E-state index in [0.29, 0.717) is 11.3 Å². The van der Waals surface area contributed by atoms with E-state index in [1.807, 2.05) is 11.6 Å². The monoisotopic (exact) mass is 304 g/mol. The van der Waals surface area contributed by atoms with Crippen LogP contribution >= 0.6 is 11.6 Å². The van der Waals surface area contributed by atoms with Crippen molar-refractivity contribution in [3.8, 4) is 5.75 Å². The fourth-order valence-corrected chi connectivity index (χ4v) is 2.24. The number of nitrogens with zero attached hydrogens (tertiary/aromatic N) is 2. The van der Waals surface area contributed by atoms with Crippen molar-refractivity contribution in [2.24, 2.45) is 7.05 Å². The average molecular weight is 305 g/mol. The number of carbonyl (C=O) groups is 1. The van der Waals surface area contributed by atoms with Crippen LogP contribution in [0.25, 0.3) is 11.0 Å². The maximum Gasteiger partial charge on any atom is 0.345 e. The lowest BCUT2D eigenvalue weighted by molar-refractivity contribution is 0.0735. The number of fused-ring (bicyclic) bond motifs is 1. The van der Waals surface area contributed by atoms with Crippen molar-refractivity contribution in [2.75, 3.05) is 0 Å². The third-order valence-corrected chi connectivity index (χ3v) is 3.37. The second kappa shape index (κ2) is 5.18. The van der Waals surface area contributed by atoms with Crippen molar-refractivity contribution in [1.29, 1.82) is 0 Å². The van der Waals surface area contributed by atoms with Crippen LogP contribution in [-0.4, -0.2) is 15.5 Å². The highest BCUT2D eigenvalue weighted by Gasteiger charge is 2.14. The zero-order chi connectivity index (χ0) is 15.0. The molecule has 6 heteroatoms. The molecule has 0 bridgehead atoms. The molecule has 0 amide bonds. The smallest absolute Gasteiger partial charge is 0.345 e. The first-order valence-corrected chi connectivity index (χ1v) is 6.51. The molecule has 0 unspecified atom stereocenters. The summed E-state index contributed by atoms with van der Waals surface area (Å²) in [5.74, 6) is -0.798. The Morgan fingerprint density at radius 1 is 1.29 bits per heavy atom. The van der Waals surface area contributed by atoms with Crippen LogP contribution in [0.4, 0.5) is 4.39 Å². The molecule has 1 aromatic heterocycles. The van der Waals surface area contributed by atoms with E-state index in [9.17, 15) is 9.18 Å². The van der Waals surface area contributed by atoms with Gasteiger partial charge in [0.25, 0.3) is 0 Å². The van der Waals surface area contributed by atoms with Gasteiger partial charge >= 0.3 is 5.97 Å². The maximum absolute atomic E-state index is 13.0. The Morgan fingerprint density at radius 3 is 2.86 bits per heavy atom. The molecule has 0 N–H and O–H groups in total. The van der Waals surface area contributed by atoms with Gasteiger partial charge in [-0.2, -0.15) is 0 Å². The number of hydrogen-bond donors (Lipinski definition) is 0. The van der Waals surface area contributed by atoms with Crippen molar-refractivity contribution in [3.63, 3.8) is 0 Å². The molecule has 0 spiro atoms. The molecule has 0 fully saturated rings. The Kier molecular flexibility index (Phi) is 3.35. The Labute approximate surface area is 124 Å². The number of aromatic nitrogens is 2. The highest BCUT2D eigenvalue weighted by molar-refractivity contribution is 6.33. The lowest BCUT2D eigenvalue weighted by atomic mass is 10.2. The van der Waals surface area contributed by atoms with Crippen molar-refractivity contribution in [1.82, 2.24) is 9.55 Å². The number of rotatable bonds is 2. The first-order chi connectivity index (χ1) is 10.0. The molecule has 0 atom stereocenters. The number of esters is 1. The van der Waals surface area contributed by atoms with E-state index < -0.39 is 11.8 Å². The first-order valence-electron chi connectivity index (χ1n) is 6.13. The fraction of sp³-hybridized carbons (Fsp3) is 0.0667. The Morgan fingerprint density at radius 2 is 2.10 bits per heavy atom. The molecule has 21 heavy (non-hydrogen) atoms. The summed E-state index contributed by atoms with van der Waals surface area (Å²) in [4.78, 5) is 16.2. The van der Waals surface area contributed by atoms with Gasteiger partial charge in [-0.15, -0.1) is 0 Å². The number of aryl methyl sites for hydroxylation is 1. The number of hydrogen-bond acceptors (Lipinski definition) is 3. The van der Waals surface area contributed by atoms with Crippen molar-refractivity contribution in [3.05, 3.63) is 59.1 Å². The Balaban J connectivity index is 1.88. The summed E-state index contributed by atoms with van der Waals surface area (Å²) in [5, 5.41) is 0.0129. The van der Waals surface area contributed by atoms with E-state index in [0.717, 1.165) is 17.6 Å². The van der Waals surface area contributed by atoms with Crippen LogP contribution in [0.3, 0.4) is 0 Å². The fourth-order valence-electron chi connectivity index (χ4n) is 2.00. The molecule has 0 saturated carbocycles. The topological polar surface area (TPSA) is 44.1 Å². The van der Waals surface area contributed by atoms with Crippen LogP contribution in [-0.2, 0) is 7.05 Å². The number of halogens is 2. The minimum Gasteiger partial charge on any atom is -0.423 e. The van der Waals surface area contributed by atoms with Gasteiger partial charge in [0.1, 0.15) is 11.6 Å². The molecule has 3 rings (SSSR count). The van der Waals surface area contributed by atoms with Gasteiger partial charge in [0.2, 0.25) is 0 Å². The van der Waals surface area contributed by atoms with Gasteiger partial charge in [0.15, 0.2) is 0 Å². The van der Waals surface area contributed by atoms with E-state index in [4.69, 9.17) is 16.3 Å². The maximum atomic E-state index is 13.0. The van der Waals surface area contributed by atoms with Crippen LogP contribution in [0.15, 0.2) is 42.7 Å². The van der Waals surface area contributed by atoms with E-state index >= 15 is 0 Å². The average Bonchev–Trinajstić information content (AvgIpc) is 2.80. The summed E-state index contributed by atoms with van der Waals surface area (Å²) in [6.07, 6.45) is 1.67. The molecular weight excluding hydrogens is 295 g/mol. The van der Waals surface area contributed by atoms with Gasteiger partial charge in [0, 0.05) is 13.1 Å². The second-order valence-electron chi connectivity index (χ2n) is 4.52. The van der Waals surface area contributed by atoms with Gasteiger partial charge in [-0.05, 0) is 30.3 Å². The van der Waals surface area contributed by atoms with E-state index in [-0.39, 0.29) is 10.6 Å². The molecular formula is C15H10ClFN2O2. The third-order valence-electron chi connectivity index (χ3n) is 3.06. The zero-order valence-electron chi connectivity index (χ0n) is 11.0. The number of imidazole rings is 1. The van der Waals surface area contributed by atoms with Crippen LogP contribution in [0.1, 0.15) is 10.4 Å². The predicted octanol–water partition coefficient (Wildman–Crippen LogP) is 3.59. The van der Waals surface area contributed by atoms with E-state index in [1.165, 1.54) is 6.07 Å². The third kappa shape index (κ3) is 2.60. The minimum absolute atomic E-state index is 0.0129. The molecule has 106 valence electrons. The summed E-state index contributed by atoms with van der Waals surface area (Å²) in [6.45, 7) is 0. The van der Waals surface area contributed by atoms with Crippen molar-refractivity contribution in [2.45, 2.75) is 0 Å². The van der Waals surface area contributed by atoms with E-state index in [2.05, 4.69) is 4.98 Å². The quantitative estimate of drug-likeness (QED) is 0.537. The molecule has 0 aliphatic heterocycles. The standard InChI is InChI=1S/C15H10ClFN2O2/c1-19-8-18-13-7-10(3-5-14(13)19)21-15(20)11-4-2-9(17)6-12(11)16/h2-8H,1H3. The molecule has 1 heterocycles. The van der Waals surface area contributed by atoms with Crippen LogP contribution < -0.4 is 4.74 Å². The molecule has 2 aromatic carbocycles. The van der Waals surface area contributed by atoms with Gasteiger partial charge in [0.05, 0.1) is 27.9 Å². The molecule has 3 aromatic rings. The van der Waals surface area contributed by atoms with Crippen LogP contribution in [0, 0.1) is 5.82 Å². The Hall–Kier alpha value is -2.40. The normalized spacial score (nSPS) is 10.8. The summed E-state index contributed by atoms with van der Waals surface area (Å²) < 4.78 is 20.1. The molecule has 0 saturated heterocycles. The molecule has 0 radical (unpaired) electrons. The van der Waals surface area contributed by atoms with Crippen molar-refractivity contribution >= 4 is 28.6 Å². The molecule has 0 aliphatic carbocycles. The first kappa shape index (κ1) is 13.6. The van der Waals surface area contributed by atoms with Crippen molar-refractivity contribution < 1.29 is 13.9 Å². The van der Waals surface area contributed by atoms with Gasteiger partial charge in [-0.1, -0.05) is 11.6 Å². The number of carbonyl (C=O) groups excluding carboxylic acids is 1. The number of ether oxygens (including phenoxy) is 1. The summed E-state index contributed by atoms with van der Waals surface area (Å²) in [5.41, 5.74) is 1.75. The largest absolute Gasteiger partial charge is 0.423 e. The minimum atomic E-state index is -0.643. The Bertz CT molecular complexity index is 845. The predicted molar refractivity (Wildman–Crippen MR) is 77.1 cm³/mol. The molecule has 0 aliphatic rings. The highest BCUT2D eigenvalue weighted by atomic mass is 35.5. The summed E-state index contributed by atoms with van der Waals surface area (Å²) in [7, 11) is 1.87. The van der Waals surface area contributed by atoms with Gasteiger partial charge in [-0.3, -0.25) is 0 Å². The SMILES string of the molecule is Cn1cnc2cc(OC(=O)c3ccc(F)cc3Cl)ccc21. The lowest BCUT2D eigenvalue weighted by Crippen LogP contribution is -2.09. The zero-order valence-corrected chi connectivity index (χ0v) is 11.8. The van der Waals surface area contributed by atoms with Gasteiger partial charge in [-0.25, -0.2) is 14.2 Å². The highest BCUT2D eigenvalue weighted by Crippen LogP contribution is 2.22. The van der Waals surface area contributed by atoms with E-state index in [1.54, 1.807) is 24.5 Å². The summed E-state index contributed by atoms with van der Waals surface area (Å²) >= 11 is 5.83. The second-order valence-corrected chi connectivity index (χ2v) is 4.93. The van der Waals surface area contributed by atoms with Crippen LogP contribution in [0.5, 0.6) is 5.75 Å².